The van der Waals surface area contributed by atoms with E-state index in [2.05, 4.69) is 20.9 Å². The molecule has 0 aliphatic carbocycles. The van der Waals surface area contributed by atoms with Crippen molar-refractivity contribution >= 4 is 17.5 Å². The molecule has 4 rings (SSSR count). The van der Waals surface area contributed by atoms with Crippen molar-refractivity contribution < 1.29 is 0 Å². The first kappa shape index (κ1) is 15.1. The van der Waals surface area contributed by atoms with E-state index in [0.29, 0.717) is 5.92 Å². The Labute approximate surface area is 146 Å². The largest absolute Gasteiger partial charge is 0.340 e. The van der Waals surface area contributed by atoms with Crippen LogP contribution in [0.15, 0.2) is 60.9 Å². The summed E-state index contributed by atoms with van der Waals surface area (Å²) in [6, 6.07) is 15.8. The van der Waals surface area contributed by atoms with E-state index in [0.717, 1.165) is 41.9 Å². The zero-order chi connectivity index (χ0) is 16.4. The summed E-state index contributed by atoms with van der Waals surface area (Å²) in [6.45, 7) is 1.82. The number of rotatable bonds is 3. The van der Waals surface area contributed by atoms with Crippen molar-refractivity contribution in [3.8, 4) is 11.4 Å². The molecule has 0 saturated carbocycles. The average Bonchev–Trinajstić information content (AvgIpc) is 3.13. The SMILES string of the molecule is Clc1ccccc1[C@H]1CCN(c2nccc(-c3ccccn3)n2)C1. The molecule has 0 radical (unpaired) electrons. The second-order valence-corrected chi connectivity index (χ2v) is 6.32. The summed E-state index contributed by atoms with van der Waals surface area (Å²) in [4.78, 5) is 15.7. The molecule has 1 aliphatic rings. The molecule has 1 saturated heterocycles. The third-order valence-corrected chi connectivity index (χ3v) is 4.73. The van der Waals surface area contributed by atoms with Crippen LogP contribution in [-0.4, -0.2) is 28.0 Å². The Kier molecular flexibility index (Phi) is 4.13. The van der Waals surface area contributed by atoms with Gasteiger partial charge in [-0.1, -0.05) is 35.9 Å². The number of anilines is 1. The van der Waals surface area contributed by atoms with Crippen LogP contribution in [-0.2, 0) is 0 Å². The fourth-order valence-corrected chi connectivity index (χ4v) is 3.45. The summed E-state index contributed by atoms with van der Waals surface area (Å²) in [5.74, 6) is 1.17. The van der Waals surface area contributed by atoms with Crippen LogP contribution in [0.1, 0.15) is 17.9 Å². The second-order valence-electron chi connectivity index (χ2n) is 5.91. The topological polar surface area (TPSA) is 41.9 Å². The fraction of sp³-hybridized carbons (Fsp3) is 0.211. The fourth-order valence-electron chi connectivity index (χ4n) is 3.16. The molecule has 0 unspecified atom stereocenters. The van der Waals surface area contributed by atoms with Crippen LogP contribution in [0.5, 0.6) is 0 Å². The lowest BCUT2D eigenvalue weighted by molar-refractivity contribution is 0.773. The average molecular weight is 337 g/mol. The zero-order valence-corrected chi connectivity index (χ0v) is 13.9. The van der Waals surface area contributed by atoms with Gasteiger partial charge in [0.05, 0.1) is 11.4 Å². The third-order valence-electron chi connectivity index (χ3n) is 4.39. The molecule has 1 atom stereocenters. The molecule has 5 heteroatoms. The van der Waals surface area contributed by atoms with Gasteiger partial charge in [-0.05, 0) is 36.2 Å². The smallest absolute Gasteiger partial charge is 0.225 e. The molecular weight excluding hydrogens is 320 g/mol. The summed E-state index contributed by atoms with van der Waals surface area (Å²) in [5, 5.41) is 0.840. The normalized spacial score (nSPS) is 17.2. The van der Waals surface area contributed by atoms with Crippen molar-refractivity contribution in [2.45, 2.75) is 12.3 Å². The Morgan fingerprint density at radius 1 is 0.917 bits per heavy atom. The van der Waals surface area contributed by atoms with Gasteiger partial charge in [0.25, 0.3) is 0 Å². The second kappa shape index (κ2) is 6.57. The molecule has 0 spiro atoms. The lowest BCUT2D eigenvalue weighted by Crippen LogP contribution is -2.21. The van der Waals surface area contributed by atoms with Gasteiger partial charge in [0.2, 0.25) is 5.95 Å². The minimum absolute atomic E-state index is 0.417. The van der Waals surface area contributed by atoms with Crippen LogP contribution in [0, 0.1) is 0 Å². The number of hydrogen-bond acceptors (Lipinski definition) is 4. The van der Waals surface area contributed by atoms with Crippen LogP contribution in [0.2, 0.25) is 5.02 Å². The summed E-state index contributed by atoms with van der Waals surface area (Å²) in [5.41, 5.74) is 2.92. The molecule has 1 aromatic carbocycles. The van der Waals surface area contributed by atoms with Gasteiger partial charge in [0.15, 0.2) is 0 Å². The van der Waals surface area contributed by atoms with E-state index in [1.54, 1.807) is 12.4 Å². The van der Waals surface area contributed by atoms with Crippen molar-refractivity contribution in [3.63, 3.8) is 0 Å². The highest BCUT2D eigenvalue weighted by Crippen LogP contribution is 2.33. The molecule has 0 bridgehead atoms. The maximum absolute atomic E-state index is 6.35. The summed E-state index contributed by atoms with van der Waals surface area (Å²) >= 11 is 6.35. The molecule has 0 amide bonds. The lowest BCUT2D eigenvalue weighted by atomic mass is 9.98. The Morgan fingerprint density at radius 2 is 1.79 bits per heavy atom. The molecule has 0 N–H and O–H groups in total. The minimum atomic E-state index is 0.417. The Morgan fingerprint density at radius 3 is 2.62 bits per heavy atom. The van der Waals surface area contributed by atoms with E-state index in [9.17, 15) is 0 Å². The van der Waals surface area contributed by atoms with Gasteiger partial charge in [0, 0.05) is 36.4 Å². The Balaban J connectivity index is 1.57. The number of nitrogens with zero attached hydrogens (tertiary/aromatic N) is 4. The van der Waals surface area contributed by atoms with Crippen molar-refractivity contribution in [2.75, 3.05) is 18.0 Å². The quantitative estimate of drug-likeness (QED) is 0.719. The predicted octanol–water partition coefficient (Wildman–Crippen LogP) is 4.19. The van der Waals surface area contributed by atoms with Crippen molar-refractivity contribution in [2.24, 2.45) is 0 Å². The van der Waals surface area contributed by atoms with E-state index < -0.39 is 0 Å². The molecule has 3 aromatic rings. The van der Waals surface area contributed by atoms with Crippen molar-refractivity contribution in [3.05, 3.63) is 71.5 Å². The van der Waals surface area contributed by atoms with E-state index in [-0.39, 0.29) is 0 Å². The van der Waals surface area contributed by atoms with Gasteiger partial charge in [-0.25, -0.2) is 9.97 Å². The predicted molar refractivity (Wildman–Crippen MR) is 96.3 cm³/mol. The van der Waals surface area contributed by atoms with Gasteiger partial charge in [-0.15, -0.1) is 0 Å². The number of pyridine rings is 1. The Bertz CT molecular complexity index is 838. The number of benzene rings is 1. The van der Waals surface area contributed by atoms with Crippen molar-refractivity contribution in [1.82, 2.24) is 15.0 Å². The summed E-state index contributed by atoms with van der Waals surface area (Å²) in [7, 11) is 0. The van der Waals surface area contributed by atoms with Gasteiger partial charge in [-0.3, -0.25) is 4.98 Å². The maximum Gasteiger partial charge on any atom is 0.225 e. The molecule has 24 heavy (non-hydrogen) atoms. The molecule has 120 valence electrons. The van der Waals surface area contributed by atoms with E-state index in [1.165, 1.54) is 5.56 Å². The number of aromatic nitrogens is 3. The van der Waals surface area contributed by atoms with Gasteiger partial charge in [0.1, 0.15) is 0 Å². The van der Waals surface area contributed by atoms with Crippen LogP contribution < -0.4 is 4.90 Å². The molecule has 3 heterocycles. The molecule has 1 aliphatic heterocycles. The first-order valence-corrected chi connectivity index (χ1v) is 8.43. The highest BCUT2D eigenvalue weighted by molar-refractivity contribution is 6.31. The standard InChI is InChI=1S/C19H17ClN4/c20-16-6-2-1-5-15(16)14-9-12-24(13-14)19-22-11-8-18(23-19)17-7-3-4-10-21-17/h1-8,10-11,14H,9,12-13H2/t14-/m0/s1. The van der Waals surface area contributed by atoms with Crippen molar-refractivity contribution in [1.29, 1.82) is 0 Å². The van der Waals surface area contributed by atoms with E-state index in [1.807, 2.05) is 42.5 Å². The van der Waals surface area contributed by atoms with Crippen LogP contribution in [0.3, 0.4) is 0 Å². The highest BCUT2D eigenvalue weighted by atomic mass is 35.5. The maximum atomic E-state index is 6.35. The first-order chi connectivity index (χ1) is 11.8. The van der Waals surface area contributed by atoms with Gasteiger partial charge in [-0.2, -0.15) is 0 Å². The van der Waals surface area contributed by atoms with Crippen LogP contribution in [0.25, 0.3) is 11.4 Å². The van der Waals surface area contributed by atoms with Crippen LogP contribution in [0.4, 0.5) is 5.95 Å². The molecule has 2 aromatic heterocycles. The van der Waals surface area contributed by atoms with Gasteiger partial charge >= 0.3 is 0 Å². The zero-order valence-electron chi connectivity index (χ0n) is 13.1. The van der Waals surface area contributed by atoms with Crippen LogP contribution >= 0.6 is 11.6 Å². The molecule has 1 fully saturated rings. The first-order valence-electron chi connectivity index (χ1n) is 8.05. The molecule has 4 nitrogen and oxygen atoms in total. The van der Waals surface area contributed by atoms with E-state index in [4.69, 9.17) is 16.6 Å². The number of hydrogen-bond donors (Lipinski definition) is 0. The summed E-state index contributed by atoms with van der Waals surface area (Å²) < 4.78 is 0. The third kappa shape index (κ3) is 2.97. The van der Waals surface area contributed by atoms with E-state index >= 15 is 0 Å². The minimum Gasteiger partial charge on any atom is -0.340 e. The monoisotopic (exact) mass is 336 g/mol. The highest BCUT2D eigenvalue weighted by Gasteiger charge is 2.27. The lowest BCUT2D eigenvalue weighted by Gasteiger charge is -2.17. The summed E-state index contributed by atoms with van der Waals surface area (Å²) in [6.07, 6.45) is 4.64. The number of halogens is 1. The van der Waals surface area contributed by atoms with Gasteiger partial charge < -0.3 is 4.90 Å². The Hall–Kier alpha value is -2.46. The molecular formula is C19H17ClN4.